The Morgan fingerprint density at radius 2 is 2.00 bits per heavy atom. The predicted molar refractivity (Wildman–Crippen MR) is 68.9 cm³/mol. The van der Waals surface area contributed by atoms with Crippen molar-refractivity contribution in [3.63, 3.8) is 0 Å². The molecule has 0 aliphatic heterocycles. The first-order valence-corrected chi connectivity index (χ1v) is 6.04. The average Bonchev–Trinajstić information content (AvgIpc) is 2.98. The summed E-state index contributed by atoms with van der Waals surface area (Å²) in [5, 5.41) is 14.5. The molecule has 6 heteroatoms. The lowest BCUT2D eigenvalue weighted by Crippen LogP contribution is -2.12. The molecule has 0 radical (unpaired) electrons. The van der Waals surface area contributed by atoms with Crippen LogP contribution in [0.25, 0.3) is 0 Å². The molecule has 1 aromatic carbocycles. The van der Waals surface area contributed by atoms with Gasteiger partial charge in [-0.3, -0.25) is 10.1 Å². The highest BCUT2D eigenvalue weighted by Gasteiger charge is 2.37. The first kappa shape index (κ1) is 12.5. The van der Waals surface area contributed by atoms with Gasteiger partial charge in [0.15, 0.2) is 0 Å². The van der Waals surface area contributed by atoms with Gasteiger partial charge in [-0.15, -0.1) is 0 Å². The Hall–Kier alpha value is -1.00. The molecule has 0 spiro atoms. The Balaban J connectivity index is 2.24. The number of anilines is 1. The molecule has 0 unspecified atom stereocenters. The summed E-state index contributed by atoms with van der Waals surface area (Å²) in [6, 6.07) is 2.79. The summed E-state index contributed by atoms with van der Waals surface area (Å²) >= 11 is 11.6. The van der Waals surface area contributed by atoms with Crippen molar-refractivity contribution in [3.05, 3.63) is 32.3 Å². The predicted octanol–water partition coefficient (Wildman–Crippen LogP) is 4.11. The Kier molecular flexibility index (Phi) is 3.19. The van der Waals surface area contributed by atoms with Crippen LogP contribution in [0.1, 0.15) is 19.8 Å². The molecule has 17 heavy (non-hydrogen) atoms. The molecule has 1 aliphatic rings. The lowest BCUT2D eigenvalue weighted by molar-refractivity contribution is -0.383. The van der Waals surface area contributed by atoms with Gasteiger partial charge in [0.05, 0.1) is 15.0 Å². The van der Waals surface area contributed by atoms with Gasteiger partial charge >= 0.3 is 0 Å². The normalized spacial score (nSPS) is 16.6. The maximum Gasteiger partial charge on any atom is 0.293 e. The van der Waals surface area contributed by atoms with Crippen molar-refractivity contribution in [3.8, 4) is 0 Å². The van der Waals surface area contributed by atoms with E-state index >= 15 is 0 Å². The SMILES string of the molecule is CC1(CNc2cc(Cl)c(Cl)cc2[N+](=O)[O-])CC1. The molecule has 1 aromatic rings. The lowest BCUT2D eigenvalue weighted by atomic mass is 10.1. The van der Waals surface area contributed by atoms with Crippen molar-refractivity contribution >= 4 is 34.6 Å². The van der Waals surface area contributed by atoms with E-state index in [9.17, 15) is 10.1 Å². The van der Waals surface area contributed by atoms with Crippen LogP contribution in [0, 0.1) is 15.5 Å². The van der Waals surface area contributed by atoms with Crippen LogP contribution in [0.5, 0.6) is 0 Å². The van der Waals surface area contributed by atoms with Gasteiger partial charge in [0.1, 0.15) is 5.69 Å². The molecule has 0 atom stereocenters. The molecule has 1 N–H and O–H groups in total. The minimum atomic E-state index is -0.459. The Bertz CT molecular complexity index is 473. The maximum atomic E-state index is 10.9. The van der Waals surface area contributed by atoms with Gasteiger partial charge in [0.2, 0.25) is 0 Å². The van der Waals surface area contributed by atoms with E-state index in [1.54, 1.807) is 0 Å². The maximum absolute atomic E-state index is 10.9. The first-order chi connectivity index (χ1) is 7.91. The minimum absolute atomic E-state index is 0.0383. The van der Waals surface area contributed by atoms with E-state index in [0.29, 0.717) is 17.3 Å². The third-order valence-corrected chi connectivity index (χ3v) is 3.77. The van der Waals surface area contributed by atoms with Crippen LogP contribution in [0.4, 0.5) is 11.4 Å². The van der Waals surface area contributed by atoms with Gasteiger partial charge in [-0.05, 0) is 24.3 Å². The van der Waals surface area contributed by atoms with E-state index in [1.165, 1.54) is 12.1 Å². The van der Waals surface area contributed by atoms with Gasteiger partial charge in [-0.1, -0.05) is 30.1 Å². The van der Waals surface area contributed by atoms with Crippen LogP contribution < -0.4 is 5.32 Å². The third kappa shape index (κ3) is 2.82. The Labute approximate surface area is 109 Å². The summed E-state index contributed by atoms with van der Waals surface area (Å²) < 4.78 is 0. The topological polar surface area (TPSA) is 55.2 Å². The lowest BCUT2D eigenvalue weighted by Gasteiger charge is -2.12. The molecule has 92 valence electrons. The van der Waals surface area contributed by atoms with Gasteiger partial charge in [-0.25, -0.2) is 0 Å². The van der Waals surface area contributed by atoms with Crippen molar-refractivity contribution in [2.45, 2.75) is 19.8 Å². The van der Waals surface area contributed by atoms with E-state index in [2.05, 4.69) is 12.2 Å². The quantitative estimate of drug-likeness (QED) is 0.664. The number of nitrogens with zero attached hydrogens (tertiary/aromatic N) is 1. The van der Waals surface area contributed by atoms with Crippen LogP contribution in [-0.4, -0.2) is 11.5 Å². The standard InChI is InChI=1S/C11H12Cl2N2O2/c1-11(2-3-11)6-14-9-4-7(12)8(13)5-10(9)15(16)17/h4-5,14H,2-3,6H2,1H3. The second kappa shape index (κ2) is 4.35. The molecule has 0 bridgehead atoms. The summed E-state index contributed by atoms with van der Waals surface area (Å²) in [6.07, 6.45) is 2.30. The highest BCUT2D eigenvalue weighted by Crippen LogP contribution is 2.45. The molecule has 4 nitrogen and oxygen atoms in total. The largest absolute Gasteiger partial charge is 0.379 e. The smallest absolute Gasteiger partial charge is 0.293 e. The molecular formula is C11H12Cl2N2O2. The molecule has 0 aromatic heterocycles. The third-order valence-electron chi connectivity index (χ3n) is 3.04. The fourth-order valence-corrected chi connectivity index (χ4v) is 1.85. The Morgan fingerprint density at radius 3 is 2.53 bits per heavy atom. The highest BCUT2D eigenvalue weighted by molar-refractivity contribution is 6.42. The zero-order chi connectivity index (χ0) is 12.6. The molecule has 0 amide bonds. The molecule has 1 fully saturated rings. The van der Waals surface area contributed by atoms with Crippen molar-refractivity contribution in [2.75, 3.05) is 11.9 Å². The number of nitrogens with one attached hydrogen (secondary N) is 1. The van der Waals surface area contributed by atoms with Gasteiger partial charge in [0.25, 0.3) is 5.69 Å². The van der Waals surface area contributed by atoms with Crippen LogP contribution in [0.15, 0.2) is 12.1 Å². The number of rotatable bonds is 4. The van der Waals surface area contributed by atoms with E-state index in [4.69, 9.17) is 23.2 Å². The minimum Gasteiger partial charge on any atom is -0.379 e. The number of benzene rings is 1. The molecular weight excluding hydrogens is 263 g/mol. The summed E-state index contributed by atoms with van der Waals surface area (Å²) in [7, 11) is 0. The number of halogens is 2. The summed E-state index contributed by atoms with van der Waals surface area (Å²) in [6.45, 7) is 2.86. The summed E-state index contributed by atoms with van der Waals surface area (Å²) in [5.74, 6) is 0. The molecule has 0 saturated heterocycles. The van der Waals surface area contributed by atoms with Crippen molar-refractivity contribution in [2.24, 2.45) is 5.41 Å². The van der Waals surface area contributed by atoms with Crippen LogP contribution >= 0.6 is 23.2 Å². The fourth-order valence-electron chi connectivity index (χ4n) is 1.53. The highest BCUT2D eigenvalue weighted by atomic mass is 35.5. The second-order valence-electron chi connectivity index (χ2n) is 4.70. The van der Waals surface area contributed by atoms with E-state index in [0.717, 1.165) is 12.8 Å². The fraction of sp³-hybridized carbons (Fsp3) is 0.455. The van der Waals surface area contributed by atoms with Gasteiger partial charge in [-0.2, -0.15) is 0 Å². The monoisotopic (exact) mass is 274 g/mol. The summed E-state index contributed by atoms with van der Waals surface area (Å²) in [5.41, 5.74) is 0.654. The second-order valence-corrected chi connectivity index (χ2v) is 5.52. The number of nitro benzene ring substituents is 1. The molecule has 1 aliphatic carbocycles. The number of hydrogen-bond acceptors (Lipinski definition) is 3. The van der Waals surface area contributed by atoms with Crippen molar-refractivity contribution in [1.82, 2.24) is 0 Å². The first-order valence-electron chi connectivity index (χ1n) is 5.29. The van der Waals surface area contributed by atoms with E-state index in [1.807, 2.05) is 0 Å². The van der Waals surface area contributed by atoms with E-state index < -0.39 is 4.92 Å². The number of hydrogen-bond donors (Lipinski definition) is 1. The average molecular weight is 275 g/mol. The van der Waals surface area contributed by atoms with Crippen LogP contribution in [0.2, 0.25) is 10.0 Å². The zero-order valence-corrected chi connectivity index (χ0v) is 10.8. The van der Waals surface area contributed by atoms with Crippen molar-refractivity contribution < 1.29 is 4.92 Å². The zero-order valence-electron chi connectivity index (χ0n) is 9.30. The van der Waals surface area contributed by atoms with Gasteiger partial charge in [0, 0.05) is 12.6 Å². The molecule has 2 rings (SSSR count). The van der Waals surface area contributed by atoms with Crippen LogP contribution in [0.3, 0.4) is 0 Å². The Morgan fingerprint density at radius 1 is 1.41 bits per heavy atom. The van der Waals surface area contributed by atoms with E-state index in [-0.39, 0.29) is 16.1 Å². The molecule has 1 saturated carbocycles. The summed E-state index contributed by atoms with van der Waals surface area (Å²) in [4.78, 5) is 10.4. The van der Waals surface area contributed by atoms with Crippen LogP contribution in [-0.2, 0) is 0 Å². The van der Waals surface area contributed by atoms with Crippen molar-refractivity contribution in [1.29, 1.82) is 0 Å². The number of nitro groups is 1. The van der Waals surface area contributed by atoms with Gasteiger partial charge < -0.3 is 5.32 Å². The molecule has 0 heterocycles.